The summed E-state index contributed by atoms with van der Waals surface area (Å²) in [7, 11) is 0. The van der Waals surface area contributed by atoms with Crippen molar-refractivity contribution in [1.82, 2.24) is 0 Å². The third-order valence-electron chi connectivity index (χ3n) is 7.79. The molecule has 0 amide bonds. The molecule has 0 aliphatic rings. The quantitative estimate of drug-likeness (QED) is 0.0284. The van der Waals surface area contributed by atoms with Crippen LogP contribution in [0.25, 0.3) is 0 Å². The molecule has 0 radical (unpaired) electrons. The molecule has 0 aliphatic carbocycles. The average molecular weight is 733 g/mol. The maximum absolute atomic E-state index is 12.6. The molecule has 0 spiro atoms. The maximum Gasteiger partial charge on any atom is 0.309 e. The van der Waals surface area contributed by atoms with Crippen LogP contribution in [-0.4, -0.2) is 37.2 Å². The number of ether oxygens (including phenoxy) is 3. The van der Waals surface area contributed by atoms with Gasteiger partial charge < -0.3 is 14.2 Å². The Morgan fingerprint density at radius 2 is 0.849 bits per heavy atom. The number of hydrogen-bond acceptors (Lipinski definition) is 6. The fraction of sp³-hybridized carbons (Fsp3) is 0.553. The first-order valence-corrected chi connectivity index (χ1v) is 20.4. The van der Waals surface area contributed by atoms with Crippen LogP contribution in [0.15, 0.2) is 109 Å². The van der Waals surface area contributed by atoms with E-state index in [4.69, 9.17) is 14.2 Å². The first kappa shape index (κ1) is 49.1. The Kier molecular flexibility index (Phi) is 37.8. The van der Waals surface area contributed by atoms with Gasteiger partial charge in [-0.05, 0) is 83.5 Å². The van der Waals surface area contributed by atoms with Crippen molar-refractivity contribution in [2.24, 2.45) is 0 Å². The molecule has 0 saturated heterocycles. The van der Waals surface area contributed by atoms with Gasteiger partial charge in [-0.25, -0.2) is 0 Å². The Hall–Kier alpha value is -3.93. The lowest BCUT2D eigenvalue weighted by Gasteiger charge is -2.18. The highest BCUT2D eigenvalue weighted by Gasteiger charge is 2.19. The average Bonchev–Trinajstić information content (AvgIpc) is 3.15. The first-order valence-electron chi connectivity index (χ1n) is 20.4. The smallest absolute Gasteiger partial charge is 0.309 e. The van der Waals surface area contributed by atoms with E-state index in [0.717, 1.165) is 89.9 Å². The van der Waals surface area contributed by atoms with Crippen molar-refractivity contribution in [1.29, 1.82) is 0 Å². The number of carbonyl (C=O) groups is 3. The molecular weight excluding hydrogens is 661 g/mol. The molecule has 0 aromatic carbocycles. The van der Waals surface area contributed by atoms with Crippen LogP contribution in [0.3, 0.4) is 0 Å². The Bertz CT molecular complexity index is 1160. The van der Waals surface area contributed by atoms with E-state index in [0.29, 0.717) is 6.42 Å². The molecule has 0 aromatic rings. The third-order valence-corrected chi connectivity index (χ3v) is 7.79. The Labute approximate surface area is 323 Å². The summed E-state index contributed by atoms with van der Waals surface area (Å²) in [5, 5.41) is 0. The van der Waals surface area contributed by atoms with E-state index in [1.807, 2.05) is 18.2 Å². The van der Waals surface area contributed by atoms with Crippen molar-refractivity contribution in [2.75, 3.05) is 13.2 Å². The number of carbonyl (C=O) groups excluding carboxylic acids is 3. The van der Waals surface area contributed by atoms with Gasteiger partial charge in [-0.2, -0.15) is 0 Å². The van der Waals surface area contributed by atoms with Crippen molar-refractivity contribution >= 4 is 17.9 Å². The lowest BCUT2D eigenvalue weighted by atomic mass is 10.1. The molecular formula is C47H72O6. The second kappa shape index (κ2) is 40.8. The second-order valence-electron chi connectivity index (χ2n) is 12.8. The molecule has 6 heteroatoms. The summed E-state index contributed by atoms with van der Waals surface area (Å²) >= 11 is 0. The van der Waals surface area contributed by atoms with E-state index in [1.54, 1.807) is 6.08 Å². The van der Waals surface area contributed by atoms with Crippen LogP contribution in [0.2, 0.25) is 0 Å². The van der Waals surface area contributed by atoms with Crippen molar-refractivity contribution in [2.45, 2.75) is 155 Å². The van der Waals surface area contributed by atoms with Crippen LogP contribution < -0.4 is 0 Å². The topological polar surface area (TPSA) is 78.9 Å². The molecule has 6 nitrogen and oxygen atoms in total. The molecule has 1 unspecified atom stereocenters. The van der Waals surface area contributed by atoms with Crippen molar-refractivity contribution in [3.05, 3.63) is 109 Å². The molecule has 0 aromatic heterocycles. The van der Waals surface area contributed by atoms with E-state index in [2.05, 4.69) is 106 Å². The monoisotopic (exact) mass is 733 g/mol. The minimum atomic E-state index is -0.847. The predicted molar refractivity (Wildman–Crippen MR) is 223 cm³/mol. The molecule has 0 saturated carbocycles. The zero-order chi connectivity index (χ0) is 38.7. The molecule has 0 aliphatic heterocycles. The molecule has 296 valence electrons. The van der Waals surface area contributed by atoms with Gasteiger partial charge >= 0.3 is 17.9 Å². The minimum absolute atomic E-state index is 0.116. The molecule has 1 atom stereocenters. The lowest BCUT2D eigenvalue weighted by molar-refractivity contribution is -0.166. The molecule has 53 heavy (non-hydrogen) atoms. The van der Waals surface area contributed by atoms with Gasteiger partial charge in [0.2, 0.25) is 0 Å². The Morgan fingerprint density at radius 1 is 0.415 bits per heavy atom. The highest BCUT2D eigenvalue weighted by Crippen LogP contribution is 2.10. The summed E-state index contributed by atoms with van der Waals surface area (Å²) in [4.78, 5) is 37.4. The van der Waals surface area contributed by atoms with Gasteiger partial charge in [0.25, 0.3) is 0 Å². The number of hydrogen-bond donors (Lipinski definition) is 0. The van der Waals surface area contributed by atoms with E-state index in [1.165, 1.54) is 12.8 Å². The summed E-state index contributed by atoms with van der Waals surface area (Å²) < 4.78 is 16.4. The van der Waals surface area contributed by atoms with E-state index in [9.17, 15) is 14.4 Å². The van der Waals surface area contributed by atoms with Crippen LogP contribution in [-0.2, 0) is 28.6 Å². The Morgan fingerprint density at radius 3 is 1.38 bits per heavy atom. The molecule has 0 N–H and O–H groups in total. The van der Waals surface area contributed by atoms with Crippen LogP contribution in [0.5, 0.6) is 0 Å². The van der Waals surface area contributed by atoms with Crippen LogP contribution in [0, 0.1) is 0 Å². The van der Waals surface area contributed by atoms with Gasteiger partial charge in [0.1, 0.15) is 13.2 Å². The highest BCUT2D eigenvalue weighted by molar-refractivity contribution is 5.72. The van der Waals surface area contributed by atoms with Gasteiger partial charge in [-0.15, -0.1) is 0 Å². The van der Waals surface area contributed by atoms with Gasteiger partial charge in [-0.1, -0.05) is 156 Å². The zero-order valence-corrected chi connectivity index (χ0v) is 33.5. The van der Waals surface area contributed by atoms with Crippen LogP contribution in [0.1, 0.15) is 149 Å². The maximum atomic E-state index is 12.6. The van der Waals surface area contributed by atoms with Gasteiger partial charge in [0.15, 0.2) is 6.10 Å². The van der Waals surface area contributed by atoms with Crippen LogP contribution >= 0.6 is 0 Å². The van der Waals surface area contributed by atoms with Crippen molar-refractivity contribution in [3.63, 3.8) is 0 Å². The number of allylic oxidation sites excluding steroid dienone is 17. The third kappa shape index (κ3) is 39.1. The lowest BCUT2D eigenvalue weighted by Crippen LogP contribution is -2.30. The van der Waals surface area contributed by atoms with E-state index in [-0.39, 0.29) is 44.4 Å². The normalized spacial score (nSPS) is 13.2. The van der Waals surface area contributed by atoms with E-state index < -0.39 is 12.1 Å². The highest BCUT2D eigenvalue weighted by atomic mass is 16.6. The molecule has 0 heterocycles. The molecule has 0 fully saturated rings. The summed E-state index contributed by atoms with van der Waals surface area (Å²) in [6, 6.07) is 0. The summed E-state index contributed by atoms with van der Waals surface area (Å²) in [6.45, 7) is 6.13. The Balaban J connectivity index is 4.59. The minimum Gasteiger partial charge on any atom is -0.462 e. The van der Waals surface area contributed by atoms with Crippen molar-refractivity contribution < 1.29 is 28.6 Å². The zero-order valence-electron chi connectivity index (χ0n) is 33.5. The largest absolute Gasteiger partial charge is 0.462 e. The second-order valence-corrected chi connectivity index (χ2v) is 12.8. The van der Waals surface area contributed by atoms with Gasteiger partial charge in [-0.3, -0.25) is 14.4 Å². The fourth-order valence-electron chi connectivity index (χ4n) is 4.76. The number of rotatable bonds is 34. The van der Waals surface area contributed by atoms with Gasteiger partial charge in [0.05, 0.1) is 6.42 Å². The number of unbranched alkanes of at least 4 members (excludes halogenated alkanes) is 6. The van der Waals surface area contributed by atoms with Gasteiger partial charge in [0, 0.05) is 12.8 Å². The number of esters is 3. The van der Waals surface area contributed by atoms with E-state index >= 15 is 0 Å². The predicted octanol–water partition coefficient (Wildman–Crippen LogP) is 12.9. The molecule has 0 bridgehead atoms. The standard InChI is InChI=1S/C47H72O6/c1-4-7-10-13-16-19-21-22-23-24-25-26-29-31-34-37-40-46(49)52-43-44(42-51-45(48)39-36-33-30-27-18-15-12-9-6-3)53-47(50)41-38-35-32-28-20-17-14-11-8-5-2/h7,9-10,12,14,16-19,22-23,25-27,31,33-34,36,44H,4-6,8,11,13,15,20-21,24,28-30,32,35,37-43H2,1-3H3/b10-7-,12-9-,17-14-,19-16-,23-22-,26-25-,27-18-,34-31-,36-33-. The van der Waals surface area contributed by atoms with Crippen molar-refractivity contribution in [3.8, 4) is 0 Å². The SMILES string of the molecule is CC/C=C\C/C=C\C/C=C\C/C=C\C/C=C\CCC(=O)OCC(COC(=O)C/C=C\C/C=C\C/C=C\CC)OC(=O)CCCCCC/C=C\CCCC. The molecule has 0 rings (SSSR count). The summed E-state index contributed by atoms with van der Waals surface area (Å²) in [5.74, 6) is -1.19. The fourth-order valence-corrected chi connectivity index (χ4v) is 4.76. The van der Waals surface area contributed by atoms with Crippen LogP contribution in [0.4, 0.5) is 0 Å². The summed E-state index contributed by atoms with van der Waals surface area (Å²) in [6.07, 6.45) is 54.1. The summed E-state index contributed by atoms with van der Waals surface area (Å²) in [5.41, 5.74) is 0. The first-order chi connectivity index (χ1) is 26.0.